The lowest BCUT2D eigenvalue weighted by molar-refractivity contribution is 0.175. The number of nitrogens with zero attached hydrogens (tertiary/aromatic N) is 2. The highest BCUT2D eigenvalue weighted by molar-refractivity contribution is 5.21. The Hall–Kier alpha value is -0.930. The van der Waals surface area contributed by atoms with Crippen molar-refractivity contribution in [3.05, 3.63) is 29.6 Å². The Morgan fingerprint density at radius 3 is 2.67 bits per heavy atom. The number of rotatable bonds is 7. The Morgan fingerprint density at radius 2 is 2.11 bits per heavy atom. The fourth-order valence-electron chi connectivity index (χ4n) is 2.10. The van der Waals surface area contributed by atoms with E-state index in [9.17, 15) is 0 Å². The summed E-state index contributed by atoms with van der Waals surface area (Å²) in [5, 5.41) is 0. The molecule has 0 aliphatic heterocycles. The smallest absolute Gasteiger partial charge is 0.0315 e. The van der Waals surface area contributed by atoms with Crippen LogP contribution in [-0.4, -0.2) is 29.5 Å². The Balaban J connectivity index is 2.72. The van der Waals surface area contributed by atoms with Gasteiger partial charge in [0.25, 0.3) is 0 Å². The molecule has 0 saturated carbocycles. The Labute approximate surface area is 111 Å². The van der Waals surface area contributed by atoms with Gasteiger partial charge in [-0.3, -0.25) is 9.88 Å². The van der Waals surface area contributed by atoms with E-state index < -0.39 is 0 Å². The van der Waals surface area contributed by atoms with Crippen molar-refractivity contribution in [2.45, 2.75) is 40.7 Å². The number of hydrogen-bond acceptors (Lipinski definition) is 3. The van der Waals surface area contributed by atoms with Gasteiger partial charge in [-0.1, -0.05) is 20.8 Å². The summed E-state index contributed by atoms with van der Waals surface area (Å²) in [5.41, 5.74) is 8.64. The van der Waals surface area contributed by atoms with Crippen molar-refractivity contribution in [3.63, 3.8) is 0 Å². The van der Waals surface area contributed by atoms with Crippen molar-refractivity contribution >= 4 is 0 Å². The maximum atomic E-state index is 5.84. The zero-order chi connectivity index (χ0) is 13.6. The monoisotopic (exact) mass is 249 g/mol. The molecule has 0 amide bonds. The molecule has 0 aliphatic rings. The van der Waals surface area contributed by atoms with E-state index in [2.05, 4.69) is 43.6 Å². The lowest BCUT2D eigenvalue weighted by Gasteiger charge is -2.32. The van der Waals surface area contributed by atoms with Gasteiger partial charge in [0.15, 0.2) is 0 Å². The van der Waals surface area contributed by atoms with E-state index >= 15 is 0 Å². The van der Waals surface area contributed by atoms with Gasteiger partial charge in [0.1, 0.15) is 0 Å². The molecule has 0 atom stereocenters. The quantitative estimate of drug-likeness (QED) is 0.807. The van der Waals surface area contributed by atoms with Crippen LogP contribution in [0.25, 0.3) is 0 Å². The van der Waals surface area contributed by atoms with E-state index in [0.717, 1.165) is 26.2 Å². The van der Waals surface area contributed by atoms with Crippen LogP contribution in [0.1, 0.15) is 38.3 Å². The first-order valence-electron chi connectivity index (χ1n) is 6.80. The standard InChI is InChI=1S/C15H27N3/c1-5-8-18(12-15(3,4)11-16)10-14-9-17-7-6-13(14)2/h6-7,9H,5,8,10-12,16H2,1-4H3. The van der Waals surface area contributed by atoms with Gasteiger partial charge in [-0.15, -0.1) is 0 Å². The van der Waals surface area contributed by atoms with E-state index in [1.807, 2.05) is 12.4 Å². The third-order valence-electron chi connectivity index (χ3n) is 3.29. The second-order valence-corrected chi connectivity index (χ2v) is 5.88. The van der Waals surface area contributed by atoms with Gasteiger partial charge in [-0.05, 0) is 49.0 Å². The molecule has 18 heavy (non-hydrogen) atoms. The zero-order valence-corrected chi connectivity index (χ0v) is 12.2. The molecule has 0 fully saturated rings. The Morgan fingerprint density at radius 1 is 1.39 bits per heavy atom. The van der Waals surface area contributed by atoms with Crippen LogP contribution in [-0.2, 0) is 6.54 Å². The molecule has 3 heteroatoms. The topological polar surface area (TPSA) is 42.2 Å². The average Bonchev–Trinajstić information content (AvgIpc) is 2.32. The second kappa shape index (κ2) is 6.86. The molecular formula is C15H27N3. The number of aromatic nitrogens is 1. The molecular weight excluding hydrogens is 222 g/mol. The van der Waals surface area contributed by atoms with Gasteiger partial charge < -0.3 is 5.73 Å². The van der Waals surface area contributed by atoms with Crippen LogP contribution in [0.5, 0.6) is 0 Å². The molecule has 0 saturated heterocycles. The molecule has 0 spiro atoms. The summed E-state index contributed by atoms with van der Waals surface area (Å²) < 4.78 is 0. The van der Waals surface area contributed by atoms with Gasteiger partial charge >= 0.3 is 0 Å². The lowest BCUT2D eigenvalue weighted by atomic mass is 9.92. The molecule has 1 heterocycles. The molecule has 0 aliphatic carbocycles. The highest BCUT2D eigenvalue weighted by atomic mass is 15.1. The van der Waals surface area contributed by atoms with Crippen LogP contribution in [0.4, 0.5) is 0 Å². The Bertz CT molecular complexity index is 361. The van der Waals surface area contributed by atoms with Crippen molar-refractivity contribution in [1.29, 1.82) is 0 Å². The third kappa shape index (κ3) is 4.75. The summed E-state index contributed by atoms with van der Waals surface area (Å²) in [5.74, 6) is 0. The molecule has 1 rings (SSSR count). The van der Waals surface area contributed by atoms with Crippen molar-refractivity contribution < 1.29 is 0 Å². The summed E-state index contributed by atoms with van der Waals surface area (Å²) in [6.45, 7) is 12.7. The molecule has 1 aromatic rings. The molecule has 102 valence electrons. The molecule has 2 N–H and O–H groups in total. The van der Waals surface area contributed by atoms with Gasteiger partial charge in [-0.25, -0.2) is 0 Å². The van der Waals surface area contributed by atoms with E-state index in [1.165, 1.54) is 17.5 Å². The second-order valence-electron chi connectivity index (χ2n) is 5.88. The highest BCUT2D eigenvalue weighted by Gasteiger charge is 2.20. The predicted octanol–water partition coefficient (Wildman–Crippen LogP) is 2.59. The molecule has 0 bridgehead atoms. The maximum Gasteiger partial charge on any atom is 0.0315 e. The maximum absolute atomic E-state index is 5.84. The first-order chi connectivity index (χ1) is 8.48. The highest BCUT2D eigenvalue weighted by Crippen LogP contribution is 2.18. The van der Waals surface area contributed by atoms with E-state index in [-0.39, 0.29) is 5.41 Å². The van der Waals surface area contributed by atoms with Crippen molar-refractivity contribution in [1.82, 2.24) is 9.88 Å². The van der Waals surface area contributed by atoms with Crippen LogP contribution < -0.4 is 5.73 Å². The first-order valence-corrected chi connectivity index (χ1v) is 6.80. The average molecular weight is 249 g/mol. The SMILES string of the molecule is CCCN(Cc1cnccc1C)CC(C)(C)CN. The van der Waals surface area contributed by atoms with Gasteiger partial charge in [0.2, 0.25) is 0 Å². The number of nitrogens with two attached hydrogens (primary N) is 1. The van der Waals surface area contributed by atoms with Crippen LogP contribution >= 0.6 is 0 Å². The molecule has 0 unspecified atom stereocenters. The van der Waals surface area contributed by atoms with Crippen molar-refractivity contribution in [2.24, 2.45) is 11.1 Å². The van der Waals surface area contributed by atoms with Gasteiger partial charge in [0, 0.05) is 25.5 Å². The normalized spacial score (nSPS) is 12.1. The van der Waals surface area contributed by atoms with Crippen molar-refractivity contribution in [2.75, 3.05) is 19.6 Å². The molecule has 0 aromatic carbocycles. The Kier molecular flexibility index (Phi) is 5.76. The summed E-state index contributed by atoms with van der Waals surface area (Å²) in [6, 6.07) is 2.08. The molecule has 1 aromatic heterocycles. The van der Waals surface area contributed by atoms with Crippen LogP contribution in [0.15, 0.2) is 18.5 Å². The minimum atomic E-state index is 0.172. The number of pyridine rings is 1. The summed E-state index contributed by atoms with van der Waals surface area (Å²) >= 11 is 0. The summed E-state index contributed by atoms with van der Waals surface area (Å²) in [6.07, 6.45) is 5.00. The minimum Gasteiger partial charge on any atom is -0.330 e. The molecule has 3 nitrogen and oxygen atoms in total. The minimum absolute atomic E-state index is 0.172. The first kappa shape index (κ1) is 15.1. The van der Waals surface area contributed by atoms with Crippen molar-refractivity contribution in [3.8, 4) is 0 Å². The van der Waals surface area contributed by atoms with E-state index in [4.69, 9.17) is 5.73 Å². The predicted molar refractivity (Wildman–Crippen MR) is 77.4 cm³/mol. The van der Waals surface area contributed by atoms with E-state index in [1.54, 1.807) is 0 Å². The fraction of sp³-hybridized carbons (Fsp3) is 0.667. The molecule has 0 radical (unpaired) electrons. The lowest BCUT2D eigenvalue weighted by Crippen LogP contribution is -2.39. The van der Waals surface area contributed by atoms with E-state index in [0.29, 0.717) is 0 Å². The fourth-order valence-corrected chi connectivity index (χ4v) is 2.10. The summed E-state index contributed by atoms with van der Waals surface area (Å²) in [4.78, 5) is 6.71. The van der Waals surface area contributed by atoms with Gasteiger partial charge in [0.05, 0.1) is 0 Å². The van der Waals surface area contributed by atoms with Gasteiger partial charge in [-0.2, -0.15) is 0 Å². The summed E-state index contributed by atoms with van der Waals surface area (Å²) in [7, 11) is 0. The van der Waals surface area contributed by atoms with Crippen LogP contribution in [0.2, 0.25) is 0 Å². The number of hydrogen-bond donors (Lipinski definition) is 1. The number of aryl methyl sites for hydroxylation is 1. The third-order valence-corrected chi connectivity index (χ3v) is 3.29. The zero-order valence-electron chi connectivity index (χ0n) is 12.2. The van der Waals surface area contributed by atoms with Crippen LogP contribution in [0, 0.1) is 12.3 Å². The largest absolute Gasteiger partial charge is 0.330 e. The van der Waals surface area contributed by atoms with Crippen LogP contribution in [0.3, 0.4) is 0 Å².